The minimum Gasteiger partial charge on any atom is -0.457 e. The van der Waals surface area contributed by atoms with E-state index in [1.165, 1.54) is 0 Å². The third kappa shape index (κ3) is 5.00. The molecule has 1 fully saturated rings. The van der Waals surface area contributed by atoms with Gasteiger partial charge in [0.05, 0.1) is 12.0 Å². The number of benzene rings is 2. The van der Waals surface area contributed by atoms with Crippen LogP contribution in [0.5, 0.6) is 0 Å². The molecule has 1 aliphatic heterocycles. The van der Waals surface area contributed by atoms with Crippen molar-refractivity contribution >= 4 is 29.5 Å². The fourth-order valence-electron chi connectivity index (χ4n) is 3.64. The number of nitrogen functional groups attached to an aromatic ring is 1. The molecule has 0 radical (unpaired) electrons. The van der Waals surface area contributed by atoms with Gasteiger partial charge >= 0.3 is 5.97 Å². The summed E-state index contributed by atoms with van der Waals surface area (Å²) in [6.45, 7) is 2.11. The second-order valence-electron chi connectivity index (χ2n) is 7.57. The lowest BCUT2D eigenvalue weighted by Crippen LogP contribution is -2.29. The summed E-state index contributed by atoms with van der Waals surface area (Å²) < 4.78 is 5.40. The molecule has 1 saturated heterocycles. The van der Waals surface area contributed by atoms with Crippen LogP contribution in [0.4, 0.5) is 17.6 Å². The number of aromatic nitrogens is 3. The summed E-state index contributed by atoms with van der Waals surface area (Å²) >= 11 is 0. The molecule has 9 nitrogen and oxygen atoms in total. The Labute approximate surface area is 185 Å². The summed E-state index contributed by atoms with van der Waals surface area (Å²) in [5.41, 5.74) is 7.58. The molecule has 0 spiro atoms. The predicted octanol–water partition coefficient (Wildman–Crippen LogP) is 2.85. The second kappa shape index (κ2) is 9.42. The fraction of sp³-hybridized carbons (Fsp3) is 0.261. The van der Waals surface area contributed by atoms with Crippen LogP contribution in [0.25, 0.3) is 0 Å². The highest BCUT2D eigenvalue weighted by molar-refractivity contribution is 5.87. The highest BCUT2D eigenvalue weighted by atomic mass is 16.5. The van der Waals surface area contributed by atoms with Crippen LogP contribution in [0.15, 0.2) is 60.7 Å². The van der Waals surface area contributed by atoms with Gasteiger partial charge in [-0.1, -0.05) is 48.5 Å². The highest BCUT2D eigenvalue weighted by Crippen LogP contribution is 2.29. The van der Waals surface area contributed by atoms with Gasteiger partial charge in [0, 0.05) is 18.7 Å². The summed E-state index contributed by atoms with van der Waals surface area (Å²) in [7, 11) is 0. The molecule has 1 amide bonds. The largest absolute Gasteiger partial charge is 0.457 e. The van der Waals surface area contributed by atoms with Crippen LogP contribution in [0.3, 0.4) is 0 Å². The van der Waals surface area contributed by atoms with Gasteiger partial charge in [-0.2, -0.15) is 15.0 Å². The molecule has 32 heavy (non-hydrogen) atoms. The average molecular weight is 432 g/mol. The van der Waals surface area contributed by atoms with Crippen LogP contribution in [0, 0.1) is 5.92 Å². The summed E-state index contributed by atoms with van der Waals surface area (Å²) in [6, 6.07) is 19.0. The number of rotatable bonds is 7. The molecule has 0 saturated carbocycles. The van der Waals surface area contributed by atoms with Crippen LogP contribution in [0.1, 0.15) is 30.8 Å². The molecule has 2 heterocycles. The Balaban J connectivity index is 1.36. The van der Waals surface area contributed by atoms with E-state index in [0.717, 1.165) is 11.3 Å². The molecule has 9 heteroatoms. The van der Waals surface area contributed by atoms with Crippen molar-refractivity contribution in [2.24, 2.45) is 5.92 Å². The van der Waals surface area contributed by atoms with Gasteiger partial charge in [0.2, 0.25) is 17.8 Å². The first-order valence-corrected chi connectivity index (χ1v) is 10.3. The van der Waals surface area contributed by atoms with Crippen molar-refractivity contribution < 1.29 is 14.3 Å². The van der Waals surface area contributed by atoms with Crippen LogP contribution < -0.4 is 11.1 Å². The Morgan fingerprint density at radius 1 is 1.12 bits per heavy atom. The third-order valence-electron chi connectivity index (χ3n) is 5.31. The molecule has 1 aromatic heterocycles. The lowest BCUT2D eigenvalue weighted by atomic mass is 10.1. The number of carbonyl (C=O) groups is 2. The van der Waals surface area contributed by atoms with E-state index in [2.05, 4.69) is 20.3 Å². The SMILES string of the molecule is CC(c1ccccc1)N1CC(C(=O)OCc2nc(N)nc(Nc3ccccc3)n2)CC1=O. The second-order valence-corrected chi connectivity index (χ2v) is 7.57. The van der Waals surface area contributed by atoms with Gasteiger partial charge in [0.1, 0.15) is 0 Å². The Bertz CT molecular complexity index is 1090. The molecular weight excluding hydrogens is 408 g/mol. The van der Waals surface area contributed by atoms with Crippen LogP contribution in [0.2, 0.25) is 0 Å². The van der Waals surface area contributed by atoms with Crippen molar-refractivity contribution in [3.05, 3.63) is 72.1 Å². The Hall–Kier alpha value is -4.01. The number of hydrogen-bond donors (Lipinski definition) is 2. The van der Waals surface area contributed by atoms with Crippen LogP contribution in [-0.2, 0) is 20.9 Å². The Morgan fingerprint density at radius 2 is 1.81 bits per heavy atom. The highest BCUT2D eigenvalue weighted by Gasteiger charge is 2.38. The summed E-state index contributed by atoms with van der Waals surface area (Å²) in [5.74, 6) is -0.561. The van der Waals surface area contributed by atoms with Gasteiger partial charge in [-0.05, 0) is 24.6 Å². The number of nitrogens with one attached hydrogen (secondary N) is 1. The zero-order chi connectivity index (χ0) is 22.5. The average Bonchev–Trinajstić information content (AvgIpc) is 3.19. The van der Waals surface area contributed by atoms with Crippen LogP contribution in [-0.4, -0.2) is 38.3 Å². The molecule has 2 unspecified atom stereocenters. The first-order chi connectivity index (χ1) is 15.5. The van der Waals surface area contributed by atoms with Gasteiger partial charge < -0.3 is 20.7 Å². The van der Waals surface area contributed by atoms with Crippen LogP contribution >= 0.6 is 0 Å². The Kier molecular flexibility index (Phi) is 6.25. The number of esters is 1. The van der Waals surface area contributed by atoms with Crippen molar-refractivity contribution in [3.8, 4) is 0 Å². The van der Waals surface area contributed by atoms with Gasteiger partial charge in [0.15, 0.2) is 12.4 Å². The number of anilines is 3. The minimum atomic E-state index is -0.533. The van der Waals surface area contributed by atoms with E-state index >= 15 is 0 Å². The maximum Gasteiger partial charge on any atom is 0.311 e. The van der Waals surface area contributed by atoms with E-state index in [9.17, 15) is 9.59 Å². The quantitative estimate of drug-likeness (QED) is 0.546. The fourth-order valence-corrected chi connectivity index (χ4v) is 3.64. The number of hydrogen-bond acceptors (Lipinski definition) is 8. The third-order valence-corrected chi connectivity index (χ3v) is 5.31. The zero-order valence-electron chi connectivity index (χ0n) is 17.6. The molecule has 0 bridgehead atoms. The summed E-state index contributed by atoms with van der Waals surface area (Å²) in [4.78, 5) is 39.2. The molecule has 3 N–H and O–H groups in total. The smallest absolute Gasteiger partial charge is 0.311 e. The number of nitrogens with zero attached hydrogens (tertiary/aromatic N) is 4. The molecule has 2 atom stereocenters. The summed E-state index contributed by atoms with van der Waals surface area (Å²) in [6.07, 6.45) is 0.121. The standard InChI is InChI=1S/C23H24N6O3/c1-15(16-8-4-2-5-9-16)29-13-17(12-20(29)30)21(31)32-14-19-26-22(24)28-23(27-19)25-18-10-6-3-7-11-18/h2-11,15,17H,12-14H2,1H3,(H3,24,25,26,27,28). The summed E-state index contributed by atoms with van der Waals surface area (Å²) in [5, 5.41) is 3.03. The van der Waals surface area contributed by atoms with Crippen molar-refractivity contribution in [1.82, 2.24) is 19.9 Å². The van der Waals surface area contributed by atoms with Gasteiger partial charge in [-0.3, -0.25) is 9.59 Å². The number of para-hydroxylation sites is 1. The first-order valence-electron chi connectivity index (χ1n) is 10.3. The molecule has 2 aromatic carbocycles. The van der Waals surface area contributed by atoms with Crippen molar-refractivity contribution in [1.29, 1.82) is 0 Å². The van der Waals surface area contributed by atoms with E-state index in [-0.39, 0.29) is 42.7 Å². The lowest BCUT2D eigenvalue weighted by Gasteiger charge is -2.25. The molecule has 3 aromatic rings. The van der Waals surface area contributed by atoms with Gasteiger partial charge in [0.25, 0.3) is 0 Å². The molecule has 4 rings (SSSR count). The zero-order valence-corrected chi connectivity index (χ0v) is 17.6. The predicted molar refractivity (Wildman–Crippen MR) is 118 cm³/mol. The van der Waals surface area contributed by atoms with E-state index in [0.29, 0.717) is 6.54 Å². The number of ether oxygens (including phenoxy) is 1. The molecule has 164 valence electrons. The van der Waals surface area contributed by atoms with E-state index in [4.69, 9.17) is 10.5 Å². The topological polar surface area (TPSA) is 123 Å². The van der Waals surface area contributed by atoms with Crippen molar-refractivity contribution in [2.75, 3.05) is 17.6 Å². The van der Waals surface area contributed by atoms with E-state index in [1.54, 1.807) is 4.90 Å². The van der Waals surface area contributed by atoms with Gasteiger partial charge in [-0.25, -0.2) is 0 Å². The first kappa shape index (κ1) is 21.2. The minimum absolute atomic E-state index is 0.0170. The Morgan fingerprint density at radius 3 is 2.53 bits per heavy atom. The monoisotopic (exact) mass is 432 g/mol. The maximum atomic E-state index is 12.6. The van der Waals surface area contributed by atoms with Crippen molar-refractivity contribution in [2.45, 2.75) is 26.0 Å². The normalized spacial score (nSPS) is 16.6. The van der Waals surface area contributed by atoms with E-state index < -0.39 is 11.9 Å². The van der Waals surface area contributed by atoms with Crippen molar-refractivity contribution in [3.63, 3.8) is 0 Å². The maximum absolute atomic E-state index is 12.6. The molecular formula is C23H24N6O3. The lowest BCUT2D eigenvalue weighted by molar-refractivity contribution is -0.150. The number of nitrogens with two attached hydrogens (primary N) is 1. The molecule has 1 aliphatic rings. The molecule has 0 aliphatic carbocycles. The number of carbonyl (C=O) groups excluding carboxylic acids is 2. The van der Waals surface area contributed by atoms with E-state index in [1.807, 2.05) is 67.6 Å². The number of likely N-dealkylation sites (tertiary alicyclic amines) is 1. The number of amides is 1. The van der Waals surface area contributed by atoms with Gasteiger partial charge in [-0.15, -0.1) is 0 Å².